The number of nitrogens with one attached hydrogen (secondary N) is 1. The van der Waals surface area contributed by atoms with Crippen molar-refractivity contribution in [2.24, 2.45) is 0 Å². The van der Waals surface area contributed by atoms with Crippen LogP contribution in [0, 0.1) is 0 Å². The van der Waals surface area contributed by atoms with Gasteiger partial charge in [-0.25, -0.2) is 8.42 Å². The third kappa shape index (κ3) is 4.66. The fourth-order valence-electron chi connectivity index (χ4n) is 3.49. The number of ether oxygens (including phenoxy) is 1. The molecule has 7 nitrogen and oxygen atoms in total. The highest BCUT2D eigenvalue weighted by molar-refractivity contribution is 7.89. The number of carbonyl (C=O) groups excluding carboxylic acids is 1. The fourth-order valence-corrected chi connectivity index (χ4v) is 4.92. The summed E-state index contributed by atoms with van der Waals surface area (Å²) < 4.78 is 37.6. The molecular formula is C18H28N2O5S. The minimum Gasteiger partial charge on any atom is -0.438 e. The fraction of sp³-hybridized carbons (Fsp3) is 0.722. The standard InChI is InChI=1S/C18H28N2O5S/c1-14(7-8-15-6-5-13-24-15)19-18(21)16-9-10-17(25-16)26(22,23)20-11-3-2-4-12-20/h9-10,14-15H,2-8,11-13H2,1H3,(H,19,21). The summed E-state index contributed by atoms with van der Waals surface area (Å²) >= 11 is 0. The highest BCUT2D eigenvalue weighted by atomic mass is 32.2. The van der Waals surface area contributed by atoms with Crippen LogP contribution < -0.4 is 5.32 Å². The molecule has 2 fully saturated rings. The number of amides is 1. The lowest BCUT2D eigenvalue weighted by atomic mass is 10.1. The predicted molar refractivity (Wildman–Crippen MR) is 96.5 cm³/mol. The number of hydrogen-bond acceptors (Lipinski definition) is 5. The molecule has 0 aromatic carbocycles. The van der Waals surface area contributed by atoms with Gasteiger partial charge in [0.2, 0.25) is 5.09 Å². The number of sulfonamides is 1. The molecule has 3 rings (SSSR count). The molecule has 3 heterocycles. The Morgan fingerprint density at radius 1 is 1.27 bits per heavy atom. The molecule has 1 aromatic rings. The van der Waals surface area contributed by atoms with Gasteiger partial charge in [-0.3, -0.25) is 4.79 Å². The first-order chi connectivity index (χ1) is 12.5. The SMILES string of the molecule is CC(CCC1CCCO1)NC(=O)c1ccc(S(=O)(=O)N2CCCCC2)o1. The number of hydrogen-bond donors (Lipinski definition) is 1. The van der Waals surface area contributed by atoms with E-state index in [9.17, 15) is 13.2 Å². The van der Waals surface area contributed by atoms with Crippen molar-refractivity contribution in [3.8, 4) is 0 Å². The minimum atomic E-state index is -3.65. The zero-order chi connectivity index (χ0) is 18.6. The molecule has 0 spiro atoms. The average molecular weight is 384 g/mol. The van der Waals surface area contributed by atoms with E-state index in [0.717, 1.165) is 51.6 Å². The second-order valence-electron chi connectivity index (χ2n) is 7.17. The van der Waals surface area contributed by atoms with Gasteiger partial charge in [0.15, 0.2) is 5.76 Å². The van der Waals surface area contributed by atoms with Gasteiger partial charge in [0.1, 0.15) is 0 Å². The molecule has 2 unspecified atom stereocenters. The van der Waals surface area contributed by atoms with Crippen molar-refractivity contribution in [3.63, 3.8) is 0 Å². The molecule has 0 bridgehead atoms. The summed E-state index contributed by atoms with van der Waals surface area (Å²) in [5, 5.41) is 2.71. The van der Waals surface area contributed by atoms with Crippen molar-refractivity contribution < 1.29 is 22.4 Å². The quantitative estimate of drug-likeness (QED) is 0.780. The van der Waals surface area contributed by atoms with Gasteiger partial charge in [0.25, 0.3) is 15.9 Å². The van der Waals surface area contributed by atoms with Crippen LogP contribution in [0.15, 0.2) is 21.6 Å². The van der Waals surface area contributed by atoms with Crippen LogP contribution in [-0.4, -0.2) is 50.5 Å². The number of furan rings is 1. The first kappa shape index (κ1) is 19.4. The van der Waals surface area contributed by atoms with Gasteiger partial charge in [-0.15, -0.1) is 0 Å². The highest BCUT2D eigenvalue weighted by Crippen LogP contribution is 2.23. The van der Waals surface area contributed by atoms with Crippen molar-refractivity contribution >= 4 is 15.9 Å². The Balaban J connectivity index is 1.55. The van der Waals surface area contributed by atoms with Gasteiger partial charge in [0, 0.05) is 25.7 Å². The second-order valence-corrected chi connectivity index (χ2v) is 9.04. The van der Waals surface area contributed by atoms with Crippen LogP contribution in [0.3, 0.4) is 0 Å². The molecule has 0 radical (unpaired) electrons. The maximum Gasteiger partial charge on any atom is 0.287 e. The lowest BCUT2D eigenvalue weighted by molar-refractivity contribution is 0.0873. The molecule has 1 aromatic heterocycles. The highest BCUT2D eigenvalue weighted by Gasteiger charge is 2.29. The Hall–Kier alpha value is -1.38. The van der Waals surface area contributed by atoms with Crippen LogP contribution in [0.4, 0.5) is 0 Å². The van der Waals surface area contributed by atoms with E-state index in [-0.39, 0.29) is 22.8 Å². The van der Waals surface area contributed by atoms with Gasteiger partial charge in [0.05, 0.1) is 6.10 Å². The third-order valence-electron chi connectivity index (χ3n) is 5.04. The van der Waals surface area contributed by atoms with E-state index in [1.165, 1.54) is 16.4 Å². The van der Waals surface area contributed by atoms with Gasteiger partial charge in [-0.2, -0.15) is 4.31 Å². The maximum atomic E-state index is 12.6. The van der Waals surface area contributed by atoms with E-state index in [1.54, 1.807) is 0 Å². The van der Waals surface area contributed by atoms with Gasteiger partial charge < -0.3 is 14.5 Å². The lowest BCUT2D eigenvalue weighted by Crippen LogP contribution is -2.35. The van der Waals surface area contributed by atoms with Gasteiger partial charge in [-0.05, 0) is 57.6 Å². The Morgan fingerprint density at radius 2 is 2.04 bits per heavy atom. The Kier molecular flexibility index (Phi) is 6.37. The molecule has 2 aliphatic rings. The molecule has 8 heteroatoms. The molecule has 1 amide bonds. The van der Waals surface area contributed by atoms with Crippen molar-refractivity contribution in [1.82, 2.24) is 9.62 Å². The van der Waals surface area contributed by atoms with Crippen LogP contribution >= 0.6 is 0 Å². The topological polar surface area (TPSA) is 88.8 Å². The first-order valence-corrected chi connectivity index (χ1v) is 10.9. The maximum absolute atomic E-state index is 12.6. The number of carbonyl (C=O) groups is 1. The average Bonchev–Trinajstić information content (AvgIpc) is 3.33. The molecular weight excluding hydrogens is 356 g/mol. The number of rotatable bonds is 7. The number of piperidine rings is 1. The van der Waals surface area contributed by atoms with E-state index in [4.69, 9.17) is 9.15 Å². The summed E-state index contributed by atoms with van der Waals surface area (Å²) in [4.78, 5) is 12.3. The van der Waals surface area contributed by atoms with E-state index < -0.39 is 10.0 Å². The Labute approximate surface area is 155 Å². The summed E-state index contributed by atoms with van der Waals surface area (Å²) in [7, 11) is -3.65. The van der Waals surface area contributed by atoms with Crippen LogP contribution in [-0.2, 0) is 14.8 Å². The predicted octanol–water partition coefficient (Wildman–Crippen LogP) is 2.53. The van der Waals surface area contributed by atoms with Crippen LogP contribution in [0.25, 0.3) is 0 Å². The van der Waals surface area contributed by atoms with E-state index in [1.807, 2.05) is 6.92 Å². The zero-order valence-electron chi connectivity index (χ0n) is 15.3. The largest absolute Gasteiger partial charge is 0.438 e. The molecule has 146 valence electrons. The zero-order valence-corrected chi connectivity index (χ0v) is 16.1. The summed E-state index contributed by atoms with van der Waals surface area (Å²) in [6.45, 7) is 3.77. The van der Waals surface area contributed by atoms with E-state index in [0.29, 0.717) is 19.2 Å². The van der Waals surface area contributed by atoms with Crippen LogP contribution in [0.1, 0.15) is 62.4 Å². The Bertz CT molecular complexity index is 703. The summed E-state index contributed by atoms with van der Waals surface area (Å²) in [5.74, 6) is -0.352. The molecule has 2 atom stereocenters. The van der Waals surface area contributed by atoms with Crippen LogP contribution in [0.5, 0.6) is 0 Å². The molecule has 2 aliphatic heterocycles. The van der Waals surface area contributed by atoms with Gasteiger partial charge in [-0.1, -0.05) is 6.42 Å². The number of nitrogens with zero attached hydrogens (tertiary/aromatic N) is 1. The molecule has 26 heavy (non-hydrogen) atoms. The van der Waals surface area contributed by atoms with Crippen molar-refractivity contribution in [2.75, 3.05) is 19.7 Å². The summed E-state index contributed by atoms with van der Waals surface area (Å²) in [6, 6.07) is 2.77. The van der Waals surface area contributed by atoms with Crippen LogP contribution in [0.2, 0.25) is 0 Å². The van der Waals surface area contributed by atoms with Crippen molar-refractivity contribution in [2.45, 2.75) is 69.1 Å². The van der Waals surface area contributed by atoms with Crippen molar-refractivity contribution in [3.05, 3.63) is 17.9 Å². The van der Waals surface area contributed by atoms with E-state index in [2.05, 4.69) is 5.32 Å². The lowest BCUT2D eigenvalue weighted by Gasteiger charge is -2.24. The molecule has 0 saturated carbocycles. The van der Waals surface area contributed by atoms with Gasteiger partial charge >= 0.3 is 0 Å². The van der Waals surface area contributed by atoms with Crippen molar-refractivity contribution in [1.29, 1.82) is 0 Å². The Morgan fingerprint density at radius 3 is 2.73 bits per heavy atom. The first-order valence-electron chi connectivity index (χ1n) is 9.49. The second kappa shape index (κ2) is 8.54. The summed E-state index contributed by atoms with van der Waals surface area (Å²) in [6.07, 6.45) is 6.96. The third-order valence-corrected chi connectivity index (χ3v) is 6.81. The normalized spacial score (nSPS) is 23.0. The molecule has 1 N–H and O–H groups in total. The molecule has 0 aliphatic carbocycles. The van der Waals surface area contributed by atoms with E-state index >= 15 is 0 Å². The monoisotopic (exact) mass is 384 g/mol. The molecule has 2 saturated heterocycles. The smallest absolute Gasteiger partial charge is 0.287 e. The minimum absolute atomic E-state index is 0.0287. The summed E-state index contributed by atoms with van der Waals surface area (Å²) in [5.41, 5.74) is 0.